The maximum atomic E-state index is 5.61. The molecule has 0 radical (unpaired) electrons. The molecule has 3 heteroatoms. The van der Waals surface area contributed by atoms with Crippen LogP contribution < -0.4 is 0 Å². The summed E-state index contributed by atoms with van der Waals surface area (Å²) in [5.41, 5.74) is 0. The largest absolute Gasteiger partial charge is 0.377 e. The summed E-state index contributed by atoms with van der Waals surface area (Å²) in [5.74, 6) is 0. The van der Waals surface area contributed by atoms with Crippen LogP contribution in [0.4, 0.5) is 0 Å². The lowest BCUT2D eigenvalue weighted by atomic mass is 10.2. The third kappa shape index (κ3) is 5.32. The van der Waals surface area contributed by atoms with Gasteiger partial charge < -0.3 is 9.64 Å². The Kier molecular flexibility index (Phi) is 6.82. The van der Waals surface area contributed by atoms with Crippen LogP contribution in [0.2, 0.25) is 0 Å². The summed E-state index contributed by atoms with van der Waals surface area (Å²) in [6.07, 6.45) is 5.60. The van der Waals surface area contributed by atoms with Crippen molar-refractivity contribution in [2.75, 3.05) is 31.6 Å². The number of nitrogens with zero attached hydrogens (tertiary/aromatic N) is 1. The minimum absolute atomic E-state index is 0.425. The van der Waals surface area contributed by atoms with Crippen LogP contribution in [0.1, 0.15) is 32.6 Å². The summed E-state index contributed by atoms with van der Waals surface area (Å²) < 4.78 is 5.61. The lowest BCUT2D eigenvalue weighted by molar-refractivity contribution is 0.0675. The van der Waals surface area contributed by atoms with Crippen LogP contribution in [-0.4, -0.2) is 42.6 Å². The molecule has 0 amide bonds. The fourth-order valence-corrected chi connectivity index (χ4v) is 2.29. The van der Waals surface area contributed by atoms with Gasteiger partial charge in [-0.25, -0.2) is 0 Å². The highest BCUT2D eigenvalue weighted by Gasteiger charge is 2.13. The van der Waals surface area contributed by atoms with Crippen molar-refractivity contribution >= 4 is 15.9 Å². The van der Waals surface area contributed by atoms with E-state index in [1.165, 1.54) is 38.8 Å². The van der Waals surface area contributed by atoms with Crippen LogP contribution in [0.3, 0.4) is 0 Å². The first-order valence-corrected chi connectivity index (χ1v) is 6.85. The zero-order valence-corrected chi connectivity index (χ0v) is 10.8. The van der Waals surface area contributed by atoms with E-state index in [-0.39, 0.29) is 0 Å². The Morgan fingerprint density at radius 3 is 3.00 bits per heavy atom. The minimum Gasteiger partial charge on any atom is -0.377 e. The lowest BCUT2D eigenvalue weighted by Gasteiger charge is -2.21. The molecular weight excluding hydrogens is 242 g/mol. The number of hydrogen-bond donors (Lipinski definition) is 0. The number of hydrogen-bond acceptors (Lipinski definition) is 2. The quantitative estimate of drug-likeness (QED) is 0.559. The van der Waals surface area contributed by atoms with Crippen molar-refractivity contribution in [3.63, 3.8) is 0 Å². The molecule has 0 spiro atoms. The average Bonchev–Trinajstić information content (AvgIpc) is 2.38. The van der Waals surface area contributed by atoms with E-state index in [9.17, 15) is 0 Å². The normalized spacial score (nSPS) is 24.9. The molecule has 1 heterocycles. The maximum absolute atomic E-state index is 5.61. The summed E-state index contributed by atoms with van der Waals surface area (Å²) in [6, 6.07) is 0. The van der Waals surface area contributed by atoms with Crippen molar-refractivity contribution in [1.29, 1.82) is 0 Å². The molecule has 0 aliphatic carbocycles. The molecule has 0 aromatic heterocycles. The zero-order chi connectivity index (χ0) is 10.2. The van der Waals surface area contributed by atoms with Crippen LogP contribution in [0.25, 0.3) is 0 Å². The lowest BCUT2D eigenvalue weighted by Crippen LogP contribution is -2.31. The number of halogens is 1. The van der Waals surface area contributed by atoms with Crippen LogP contribution in [0.5, 0.6) is 0 Å². The Labute approximate surface area is 96.1 Å². The van der Waals surface area contributed by atoms with Crippen molar-refractivity contribution in [1.82, 2.24) is 4.90 Å². The predicted molar refractivity (Wildman–Crippen MR) is 64.1 cm³/mol. The molecule has 1 aliphatic rings. The molecule has 1 saturated heterocycles. The van der Waals surface area contributed by atoms with E-state index in [1.54, 1.807) is 0 Å². The highest BCUT2D eigenvalue weighted by atomic mass is 79.9. The maximum Gasteiger partial charge on any atom is 0.0673 e. The van der Waals surface area contributed by atoms with E-state index in [0.29, 0.717) is 6.10 Å². The Balaban J connectivity index is 2.09. The zero-order valence-electron chi connectivity index (χ0n) is 9.17. The second kappa shape index (κ2) is 7.66. The van der Waals surface area contributed by atoms with Gasteiger partial charge in [-0.05, 0) is 32.7 Å². The number of ether oxygens (including phenoxy) is 1. The first kappa shape index (κ1) is 12.5. The monoisotopic (exact) mass is 263 g/mol. The predicted octanol–water partition coefficient (Wildman–Crippen LogP) is 2.66. The summed E-state index contributed by atoms with van der Waals surface area (Å²) >= 11 is 3.46. The van der Waals surface area contributed by atoms with Gasteiger partial charge in [0.2, 0.25) is 0 Å². The summed E-state index contributed by atoms with van der Waals surface area (Å²) in [4.78, 5) is 2.55. The van der Waals surface area contributed by atoms with E-state index < -0.39 is 0 Å². The summed E-state index contributed by atoms with van der Waals surface area (Å²) in [5, 5.41) is 1.15. The highest BCUT2D eigenvalue weighted by molar-refractivity contribution is 9.09. The first-order valence-electron chi connectivity index (χ1n) is 5.73. The van der Waals surface area contributed by atoms with Crippen molar-refractivity contribution in [2.45, 2.75) is 38.7 Å². The molecule has 0 aromatic carbocycles. The third-order valence-corrected chi connectivity index (χ3v) is 3.21. The molecular formula is C11H22BrNO. The van der Waals surface area contributed by atoms with Crippen LogP contribution in [0.15, 0.2) is 0 Å². The van der Waals surface area contributed by atoms with Crippen molar-refractivity contribution in [3.05, 3.63) is 0 Å². The average molecular weight is 264 g/mol. The van der Waals surface area contributed by atoms with E-state index in [1.807, 2.05) is 0 Å². The molecule has 1 atom stereocenters. The standard InChI is InChI=1S/C11H22BrNO/c1-11-10-13(8-5-9-14-11)7-4-2-3-6-12/h11H,2-10H2,1H3. The van der Waals surface area contributed by atoms with Crippen molar-refractivity contribution < 1.29 is 4.74 Å². The Bertz CT molecular complexity index is 143. The molecule has 84 valence electrons. The van der Waals surface area contributed by atoms with Gasteiger partial charge in [0.15, 0.2) is 0 Å². The topological polar surface area (TPSA) is 12.5 Å². The van der Waals surface area contributed by atoms with E-state index in [0.717, 1.165) is 18.5 Å². The van der Waals surface area contributed by atoms with Gasteiger partial charge in [0.05, 0.1) is 6.10 Å². The highest BCUT2D eigenvalue weighted by Crippen LogP contribution is 2.07. The second-order valence-electron chi connectivity index (χ2n) is 4.09. The molecule has 1 aliphatic heterocycles. The SMILES string of the molecule is CC1CN(CCCCCBr)CCCO1. The molecule has 1 fully saturated rings. The van der Waals surface area contributed by atoms with Crippen molar-refractivity contribution in [2.24, 2.45) is 0 Å². The van der Waals surface area contributed by atoms with Gasteiger partial charge in [0.25, 0.3) is 0 Å². The van der Waals surface area contributed by atoms with Gasteiger partial charge in [0.1, 0.15) is 0 Å². The van der Waals surface area contributed by atoms with Crippen LogP contribution >= 0.6 is 15.9 Å². The van der Waals surface area contributed by atoms with Gasteiger partial charge in [0, 0.05) is 25.0 Å². The van der Waals surface area contributed by atoms with Gasteiger partial charge >= 0.3 is 0 Å². The molecule has 14 heavy (non-hydrogen) atoms. The van der Waals surface area contributed by atoms with Gasteiger partial charge in [-0.3, -0.25) is 0 Å². The number of rotatable bonds is 5. The molecule has 0 bridgehead atoms. The number of alkyl halides is 1. The summed E-state index contributed by atoms with van der Waals surface area (Å²) in [7, 11) is 0. The van der Waals surface area contributed by atoms with Crippen LogP contribution in [0, 0.1) is 0 Å². The second-order valence-corrected chi connectivity index (χ2v) is 4.88. The van der Waals surface area contributed by atoms with Crippen LogP contribution in [-0.2, 0) is 4.74 Å². The summed E-state index contributed by atoms with van der Waals surface area (Å²) in [6.45, 7) is 6.71. The molecule has 0 aromatic rings. The van der Waals surface area contributed by atoms with E-state index in [2.05, 4.69) is 27.8 Å². The van der Waals surface area contributed by atoms with Crippen molar-refractivity contribution in [3.8, 4) is 0 Å². The van der Waals surface area contributed by atoms with E-state index >= 15 is 0 Å². The van der Waals surface area contributed by atoms with Gasteiger partial charge in [-0.15, -0.1) is 0 Å². The molecule has 1 rings (SSSR count). The third-order valence-electron chi connectivity index (χ3n) is 2.64. The minimum atomic E-state index is 0.425. The Morgan fingerprint density at radius 1 is 1.36 bits per heavy atom. The molecule has 0 N–H and O–H groups in total. The fourth-order valence-electron chi connectivity index (χ4n) is 1.89. The number of unbranched alkanes of at least 4 members (excludes halogenated alkanes) is 2. The fraction of sp³-hybridized carbons (Fsp3) is 1.00. The molecule has 2 nitrogen and oxygen atoms in total. The Hall–Kier alpha value is 0.400. The Morgan fingerprint density at radius 2 is 2.21 bits per heavy atom. The molecule has 0 saturated carbocycles. The van der Waals surface area contributed by atoms with E-state index in [4.69, 9.17) is 4.74 Å². The smallest absolute Gasteiger partial charge is 0.0673 e. The van der Waals surface area contributed by atoms with Gasteiger partial charge in [-0.2, -0.15) is 0 Å². The first-order chi connectivity index (χ1) is 6.83. The van der Waals surface area contributed by atoms with Gasteiger partial charge in [-0.1, -0.05) is 22.4 Å². The molecule has 1 unspecified atom stereocenters.